The van der Waals surface area contributed by atoms with Crippen LogP contribution in [0.1, 0.15) is 42.5 Å². The molecule has 1 aliphatic heterocycles. The fourth-order valence-corrected chi connectivity index (χ4v) is 3.71. The maximum atomic E-state index is 13.3. The van der Waals surface area contributed by atoms with E-state index in [-0.39, 0.29) is 11.8 Å². The maximum absolute atomic E-state index is 13.3. The number of benzene rings is 1. The lowest BCUT2D eigenvalue weighted by molar-refractivity contribution is -0.130. The maximum Gasteiger partial charge on any atom is 0.257 e. The Hall–Kier alpha value is -2.34. The van der Waals surface area contributed by atoms with Crippen LogP contribution in [0.2, 0.25) is 5.02 Å². The highest BCUT2D eigenvalue weighted by Crippen LogP contribution is 2.24. The van der Waals surface area contributed by atoms with E-state index in [1.807, 2.05) is 47.7 Å². The topological polar surface area (TPSA) is 58.4 Å². The molecule has 7 heteroatoms. The summed E-state index contributed by atoms with van der Waals surface area (Å²) in [6.45, 7) is 7.85. The number of aryl methyl sites for hydroxylation is 1. The summed E-state index contributed by atoms with van der Waals surface area (Å²) < 4.78 is 1.84. The number of nitrogens with zero attached hydrogens (tertiary/aromatic N) is 4. The second kappa shape index (κ2) is 8.13. The van der Waals surface area contributed by atoms with Crippen molar-refractivity contribution >= 4 is 23.4 Å². The molecule has 0 radical (unpaired) electrons. The van der Waals surface area contributed by atoms with Gasteiger partial charge in [-0.2, -0.15) is 5.10 Å². The van der Waals surface area contributed by atoms with Gasteiger partial charge in [-0.25, -0.2) is 4.68 Å². The fourth-order valence-electron chi connectivity index (χ4n) is 3.53. The van der Waals surface area contributed by atoms with Crippen LogP contribution < -0.4 is 0 Å². The molecule has 1 aromatic heterocycles. The molecular formula is C20H25ClN4O2. The smallest absolute Gasteiger partial charge is 0.257 e. The van der Waals surface area contributed by atoms with Crippen molar-refractivity contribution < 1.29 is 9.59 Å². The van der Waals surface area contributed by atoms with Crippen molar-refractivity contribution in [3.05, 3.63) is 46.2 Å². The van der Waals surface area contributed by atoms with Crippen LogP contribution in [-0.4, -0.2) is 57.6 Å². The van der Waals surface area contributed by atoms with Crippen LogP contribution in [0, 0.1) is 0 Å². The first-order valence-electron chi connectivity index (χ1n) is 9.37. The number of amides is 2. The van der Waals surface area contributed by atoms with E-state index in [0.717, 1.165) is 17.1 Å². The second-order valence-electron chi connectivity index (χ2n) is 6.67. The molecule has 0 atom stereocenters. The van der Waals surface area contributed by atoms with Crippen molar-refractivity contribution in [1.29, 1.82) is 0 Å². The zero-order valence-electron chi connectivity index (χ0n) is 16.0. The second-order valence-corrected chi connectivity index (χ2v) is 7.10. The molecule has 2 amide bonds. The summed E-state index contributed by atoms with van der Waals surface area (Å²) in [5, 5.41) is 5.35. The van der Waals surface area contributed by atoms with Crippen LogP contribution in [0.4, 0.5) is 0 Å². The summed E-state index contributed by atoms with van der Waals surface area (Å²) in [7, 11) is 0. The van der Waals surface area contributed by atoms with Crippen LogP contribution in [0.15, 0.2) is 24.3 Å². The Labute approximate surface area is 164 Å². The van der Waals surface area contributed by atoms with Gasteiger partial charge < -0.3 is 9.80 Å². The number of piperazine rings is 1. The molecule has 0 bridgehead atoms. The van der Waals surface area contributed by atoms with E-state index >= 15 is 0 Å². The molecule has 0 unspecified atom stereocenters. The Bertz CT molecular complexity index is 854. The van der Waals surface area contributed by atoms with Gasteiger partial charge in [0.15, 0.2) is 0 Å². The SMILES string of the molecule is CCc1nn(-c2cccc(Cl)c2)c(CC)c1C(=O)N1CCN(C(C)=O)CC1. The van der Waals surface area contributed by atoms with Gasteiger partial charge in [-0.1, -0.05) is 31.5 Å². The number of carbonyl (C=O) groups is 2. The van der Waals surface area contributed by atoms with E-state index in [1.165, 1.54) is 0 Å². The minimum absolute atomic E-state index is 0.000167. The van der Waals surface area contributed by atoms with Gasteiger partial charge >= 0.3 is 0 Å². The lowest BCUT2D eigenvalue weighted by Crippen LogP contribution is -2.50. The molecule has 1 aliphatic rings. The van der Waals surface area contributed by atoms with Crippen molar-refractivity contribution in [2.75, 3.05) is 26.2 Å². The third kappa shape index (κ3) is 3.86. The minimum atomic E-state index is 0.000167. The Morgan fingerprint density at radius 3 is 2.30 bits per heavy atom. The van der Waals surface area contributed by atoms with E-state index in [9.17, 15) is 9.59 Å². The highest BCUT2D eigenvalue weighted by molar-refractivity contribution is 6.30. The predicted molar refractivity (Wildman–Crippen MR) is 105 cm³/mol. The van der Waals surface area contributed by atoms with Crippen molar-refractivity contribution in [3.63, 3.8) is 0 Å². The van der Waals surface area contributed by atoms with Gasteiger partial charge in [0.1, 0.15) is 0 Å². The molecular weight excluding hydrogens is 364 g/mol. The third-order valence-corrected chi connectivity index (χ3v) is 5.24. The molecule has 27 heavy (non-hydrogen) atoms. The first-order chi connectivity index (χ1) is 13.0. The van der Waals surface area contributed by atoms with Crippen molar-refractivity contribution in [1.82, 2.24) is 19.6 Å². The highest BCUT2D eigenvalue weighted by Gasteiger charge is 2.29. The van der Waals surface area contributed by atoms with Crippen LogP contribution in [0.3, 0.4) is 0 Å². The summed E-state index contributed by atoms with van der Waals surface area (Å²) in [5.74, 6) is 0.0551. The monoisotopic (exact) mass is 388 g/mol. The van der Waals surface area contributed by atoms with Gasteiger partial charge in [0.25, 0.3) is 5.91 Å². The van der Waals surface area contributed by atoms with Gasteiger partial charge in [-0.15, -0.1) is 0 Å². The molecule has 2 heterocycles. The minimum Gasteiger partial charge on any atom is -0.339 e. The normalized spacial score (nSPS) is 14.5. The Kier molecular flexibility index (Phi) is 5.85. The van der Waals surface area contributed by atoms with Crippen LogP contribution in [0.5, 0.6) is 0 Å². The lowest BCUT2D eigenvalue weighted by atomic mass is 10.1. The summed E-state index contributed by atoms with van der Waals surface area (Å²) in [6.07, 6.45) is 1.36. The summed E-state index contributed by atoms with van der Waals surface area (Å²) >= 11 is 6.15. The summed E-state index contributed by atoms with van der Waals surface area (Å²) in [6, 6.07) is 7.50. The third-order valence-electron chi connectivity index (χ3n) is 5.00. The standard InChI is InChI=1S/C20H25ClN4O2/c1-4-17-19(20(27)24-11-9-23(10-12-24)14(3)26)18(5-2)25(22-17)16-8-6-7-15(21)13-16/h6-8,13H,4-5,9-12H2,1-3H3. The zero-order valence-corrected chi connectivity index (χ0v) is 16.8. The van der Waals surface area contributed by atoms with E-state index < -0.39 is 0 Å². The number of rotatable bonds is 4. The molecule has 0 N–H and O–H groups in total. The van der Waals surface area contributed by atoms with Gasteiger partial charge in [-0.3, -0.25) is 9.59 Å². The summed E-state index contributed by atoms with van der Waals surface area (Å²) in [4.78, 5) is 28.4. The number of hydrogen-bond donors (Lipinski definition) is 0. The van der Waals surface area contributed by atoms with Gasteiger partial charge in [0.05, 0.1) is 22.6 Å². The van der Waals surface area contributed by atoms with Crippen LogP contribution in [-0.2, 0) is 17.6 Å². The molecule has 0 aliphatic carbocycles. The summed E-state index contributed by atoms with van der Waals surface area (Å²) in [5.41, 5.74) is 3.24. The van der Waals surface area contributed by atoms with E-state index in [4.69, 9.17) is 16.7 Å². The highest BCUT2D eigenvalue weighted by atomic mass is 35.5. The molecule has 1 aromatic carbocycles. The predicted octanol–water partition coefficient (Wildman–Crippen LogP) is 2.95. The molecule has 2 aromatic rings. The molecule has 0 spiro atoms. The molecule has 0 saturated carbocycles. The first-order valence-corrected chi connectivity index (χ1v) is 9.75. The number of halogens is 1. The average molecular weight is 389 g/mol. The largest absolute Gasteiger partial charge is 0.339 e. The van der Waals surface area contributed by atoms with Gasteiger partial charge in [0, 0.05) is 38.1 Å². The molecule has 6 nitrogen and oxygen atoms in total. The number of aromatic nitrogens is 2. The van der Waals surface area contributed by atoms with E-state index in [0.29, 0.717) is 49.6 Å². The van der Waals surface area contributed by atoms with E-state index in [2.05, 4.69) is 0 Å². The van der Waals surface area contributed by atoms with Crippen molar-refractivity contribution in [3.8, 4) is 5.69 Å². The first kappa shape index (κ1) is 19.4. The van der Waals surface area contributed by atoms with E-state index in [1.54, 1.807) is 11.8 Å². The Balaban J connectivity index is 1.95. The molecule has 3 rings (SSSR count). The quantitative estimate of drug-likeness (QED) is 0.809. The molecule has 1 saturated heterocycles. The van der Waals surface area contributed by atoms with Crippen molar-refractivity contribution in [2.45, 2.75) is 33.6 Å². The van der Waals surface area contributed by atoms with Crippen LogP contribution >= 0.6 is 11.6 Å². The molecule has 144 valence electrons. The average Bonchev–Trinajstić information content (AvgIpc) is 3.06. The van der Waals surface area contributed by atoms with Crippen LogP contribution in [0.25, 0.3) is 5.69 Å². The lowest BCUT2D eigenvalue weighted by Gasteiger charge is -2.34. The molecule has 1 fully saturated rings. The fraction of sp³-hybridized carbons (Fsp3) is 0.450. The van der Waals surface area contributed by atoms with Crippen molar-refractivity contribution in [2.24, 2.45) is 0 Å². The number of carbonyl (C=O) groups excluding carboxylic acids is 2. The zero-order chi connectivity index (χ0) is 19.6. The number of hydrogen-bond acceptors (Lipinski definition) is 3. The Morgan fingerprint density at radius 1 is 1.07 bits per heavy atom. The Morgan fingerprint density at radius 2 is 1.74 bits per heavy atom. The van der Waals surface area contributed by atoms with Gasteiger partial charge in [-0.05, 0) is 31.0 Å². The van der Waals surface area contributed by atoms with Gasteiger partial charge in [0.2, 0.25) is 5.91 Å².